The van der Waals surface area contributed by atoms with Gasteiger partial charge in [0.1, 0.15) is 0 Å². The maximum Gasteiger partial charge on any atom is 0.225 e. The predicted octanol–water partition coefficient (Wildman–Crippen LogP) is 3.46. The Morgan fingerprint density at radius 3 is 2.40 bits per heavy atom. The Balaban J connectivity index is 0.00000320. The van der Waals surface area contributed by atoms with Crippen LogP contribution in [-0.4, -0.2) is 73.5 Å². The lowest BCUT2D eigenvalue weighted by Gasteiger charge is -2.30. The molecule has 3 fully saturated rings. The number of guanidine groups is 1. The van der Waals surface area contributed by atoms with Gasteiger partial charge >= 0.3 is 0 Å². The number of rotatable bonds is 7. The average molecular weight is 534 g/mol. The minimum absolute atomic E-state index is 0. The van der Waals surface area contributed by atoms with Crippen LogP contribution in [0.4, 0.5) is 0 Å². The van der Waals surface area contributed by atoms with Crippen LogP contribution < -0.4 is 10.6 Å². The molecule has 3 aliphatic rings. The molecule has 0 spiro atoms. The summed E-state index contributed by atoms with van der Waals surface area (Å²) in [4.78, 5) is 22.3. The molecule has 0 aromatic heterocycles. The molecule has 3 rings (SSSR count). The number of aliphatic imine (C=N–C) groups is 1. The molecule has 30 heavy (non-hydrogen) atoms. The Morgan fingerprint density at radius 2 is 1.73 bits per heavy atom. The lowest BCUT2D eigenvalue weighted by Crippen LogP contribution is -2.45. The Labute approximate surface area is 201 Å². The van der Waals surface area contributed by atoms with Gasteiger partial charge in [-0.05, 0) is 71.0 Å². The summed E-state index contributed by atoms with van der Waals surface area (Å²) in [5, 5.41) is 6.99. The normalized spacial score (nSPS) is 24.5. The van der Waals surface area contributed by atoms with Crippen molar-refractivity contribution >= 4 is 35.8 Å². The van der Waals surface area contributed by atoms with E-state index in [2.05, 4.69) is 34.3 Å². The SMILES string of the molecule is CCNC(=NCCC1CCN(CC)CC1)NC1CCN(C(=O)C2CCCCC2)C1.I. The van der Waals surface area contributed by atoms with Crippen molar-refractivity contribution in [3.8, 4) is 0 Å². The maximum absolute atomic E-state index is 12.8. The molecule has 174 valence electrons. The highest BCUT2D eigenvalue weighted by atomic mass is 127. The van der Waals surface area contributed by atoms with Crippen LogP contribution in [0.15, 0.2) is 4.99 Å². The number of halogens is 1. The van der Waals surface area contributed by atoms with E-state index >= 15 is 0 Å². The molecule has 2 N–H and O–H groups in total. The largest absolute Gasteiger partial charge is 0.357 e. The minimum atomic E-state index is 0. The van der Waals surface area contributed by atoms with Crippen LogP contribution in [-0.2, 0) is 4.79 Å². The lowest BCUT2D eigenvalue weighted by molar-refractivity contribution is -0.135. The van der Waals surface area contributed by atoms with Crippen molar-refractivity contribution in [3.63, 3.8) is 0 Å². The fourth-order valence-electron chi connectivity index (χ4n) is 5.15. The molecule has 0 bridgehead atoms. The highest BCUT2D eigenvalue weighted by molar-refractivity contribution is 14.0. The molecule has 1 aliphatic carbocycles. The van der Waals surface area contributed by atoms with E-state index < -0.39 is 0 Å². The molecule has 0 aromatic rings. The highest BCUT2D eigenvalue weighted by Crippen LogP contribution is 2.26. The number of likely N-dealkylation sites (tertiary alicyclic amines) is 2. The molecule has 2 saturated heterocycles. The molecule has 2 aliphatic heterocycles. The Morgan fingerprint density at radius 1 is 1.00 bits per heavy atom. The molecule has 1 atom stereocenters. The smallest absolute Gasteiger partial charge is 0.225 e. The summed E-state index contributed by atoms with van der Waals surface area (Å²) in [6, 6.07) is 0.327. The molecule has 0 radical (unpaired) electrons. The number of piperidine rings is 1. The van der Waals surface area contributed by atoms with Crippen LogP contribution in [0.2, 0.25) is 0 Å². The quantitative estimate of drug-likeness (QED) is 0.299. The molecule has 1 amide bonds. The number of carbonyl (C=O) groups is 1. The lowest BCUT2D eigenvalue weighted by atomic mass is 9.88. The third kappa shape index (κ3) is 7.84. The van der Waals surface area contributed by atoms with E-state index in [1.807, 2.05) is 0 Å². The summed E-state index contributed by atoms with van der Waals surface area (Å²) in [6.07, 6.45) is 10.8. The van der Waals surface area contributed by atoms with E-state index in [9.17, 15) is 4.79 Å². The summed E-state index contributed by atoms with van der Waals surface area (Å²) < 4.78 is 0. The molecule has 7 heteroatoms. The highest BCUT2D eigenvalue weighted by Gasteiger charge is 2.31. The number of nitrogens with one attached hydrogen (secondary N) is 2. The Hall–Kier alpha value is -0.570. The van der Waals surface area contributed by atoms with Gasteiger partial charge in [-0.3, -0.25) is 9.79 Å². The van der Waals surface area contributed by atoms with Crippen molar-refractivity contribution in [1.82, 2.24) is 20.4 Å². The Bertz CT molecular complexity index is 530. The van der Waals surface area contributed by atoms with Gasteiger partial charge in [-0.2, -0.15) is 0 Å². The first-order chi connectivity index (χ1) is 14.2. The van der Waals surface area contributed by atoms with E-state index in [1.165, 1.54) is 58.2 Å². The minimum Gasteiger partial charge on any atom is -0.357 e. The number of carbonyl (C=O) groups excluding carboxylic acids is 1. The number of nitrogens with zero attached hydrogens (tertiary/aromatic N) is 3. The molecule has 2 heterocycles. The second-order valence-corrected chi connectivity index (χ2v) is 9.18. The molecular weight excluding hydrogens is 489 g/mol. The van der Waals surface area contributed by atoms with E-state index in [0.29, 0.717) is 11.9 Å². The first kappa shape index (κ1) is 25.7. The van der Waals surface area contributed by atoms with E-state index in [4.69, 9.17) is 4.99 Å². The number of hydrogen-bond donors (Lipinski definition) is 2. The average Bonchev–Trinajstić information content (AvgIpc) is 3.23. The van der Waals surface area contributed by atoms with Crippen LogP contribution in [0.25, 0.3) is 0 Å². The van der Waals surface area contributed by atoms with Crippen LogP contribution >= 0.6 is 24.0 Å². The second kappa shape index (κ2) is 13.8. The summed E-state index contributed by atoms with van der Waals surface area (Å²) in [5.41, 5.74) is 0. The van der Waals surface area contributed by atoms with Crippen molar-refractivity contribution in [2.75, 3.05) is 45.8 Å². The molecular formula is C23H44IN5O. The van der Waals surface area contributed by atoms with Gasteiger partial charge in [-0.1, -0.05) is 26.2 Å². The van der Waals surface area contributed by atoms with Gasteiger partial charge in [0.05, 0.1) is 0 Å². The zero-order valence-electron chi connectivity index (χ0n) is 19.2. The molecule has 6 nitrogen and oxygen atoms in total. The van der Waals surface area contributed by atoms with Gasteiger partial charge in [0.2, 0.25) is 5.91 Å². The van der Waals surface area contributed by atoms with E-state index in [1.54, 1.807) is 0 Å². The zero-order chi connectivity index (χ0) is 20.5. The van der Waals surface area contributed by atoms with Gasteiger partial charge in [-0.25, -0.2) is 0 Å². The number of hydrogen-bond acceptors (Lipinski definition) is 3. The first-order valence-corrected chi connectivity index (χ1v) is 12.3. The first-order valence-electron chi connectivity index (χ1n) is 12.3. The number of amides is 1. The van der Waals surface area contributed by atoms with Crippen molar-refractivity contribution in [2.45, 2.75) is 77.7 Å². The maximum atomic E-state index is 12.8. The van der Waals surface area contributed by atoms with Crippen molar-refractivity contribution in [1.29, 1.82) is 0 Å². The predicted molar refractivity (Wildman–Crippen MR) is 136 cm³/mol. The van der Waals surface area contributed by atoms with Crippen LogP contribution in [0.5, 0.6) is 0 Å². The summed E-state index contributed by atoms with van der Waals surface area (Å²) in [5.74, 6) is 2.42. The second-order valence-electron chi connectivity index (χ2n) is 9.18. The van der Waals surface area contributed by atoms with Gasteiger partial charge in [0, 0.05) is 38.1 Å². The summed E-state index contributed by atoms with van der Waals surface area (Å²) in [6.45, 7) is 11.5. The van der Waals surface area contributed by atoms with Crippen LogP contribution in [0.3, 0.4) is 0 Å². The fourth-order valence-corrected chi connectivity index (χ4v) is 5.15. The van der Waals surface area contributed by atoms with Crippen LogP contribution in [0.1, 0.15) is 71.6 Å². The molecule has 1 saturated carbocycles. The third-order valence-electron chi connectivity index (χ3n) is 7.10. The fraction of sp³-hybridized carbons (Fsp3) is 0.913. The topological polar surface area (TPSA) is 60.0 Å². The Kier molecular flexibility index (Phi) is 11.8. The summed E-state index contributed by atoms with van der Waals surface area (Å²) >= 11 is 0. The van der Waals surface area contributed by atoms with E-state index in [-0.39, 0.29) is 29.9 Å². The molecule has 0 aromatic carbocycles. The van der Waals surface area contributed by atoms with Gasteiger partial charge in [-0.15, -0.1) is 24.0 Å². The van der Waals surface area contributed by atoms with Crippen LogP contribution in [0, 0.1) is 11.8 Å². The van der Waals surface area contributed by atoms with Crippen molar-refractivity contribution < 1.29 is 4.79 Å². The summed E-state index contributed by atoms with van der Waals surface area (Å²) in [7, 11) is 0. The van der Waals surface area contributed by atoms with Crippen molar-refractivity contribution in [2.24, 2.45) is 16.8 Å². The zero-order valence-corrected chi connectivity index (χ0v) is 21.5. The van der Waals surface area contributed by atoms with Crippen molar-refractivity contribution in [3.05, 3.63) is 0 Å². The van der Waals surface area contributed by atoms with Gasteiger partial charge < -0.3 is 20.4 Å². The monoisotopic (exact) mass is 533 g/mol. The van der Waals surface area contributed by atoms with Gasteiger partial charge in [0.15, 0.2) is 5.96 Å². The standard InChI is InChI=1S/C23H43N5O.HI/c1-3-24-23(25-14-10-19-11-15-27(4-2)16-12-19)26-21-13-17-28(18-21)22(29)20-8-6-5-7-9-20;/h19-21H,3-18H2,1-2H3,(H2,24,25,26);1H. The molecule has 1 unspecified atom stereocenters. The van der Waals surface area contributed by atoms with Gasteiger partial charge in [0.25, 0.3) is 0 Å². The van der Waals surface area contributed by atoms with E-state index in [0.717, 1.165) is 57.3 Å². The third-order valence-corrected chi connectivity index (χ3v) is 7.10.